The number of aryl methyl sites for hydroxylation is 1. The van der Waals surface area contributed by atoms with E-state index in [2.05, 4.69) is 0 Å². The van der Waals surface area contributed by atoms with Crippen molar-refractivity contribution in [1.82, 2.24) is 0 Å². The van der Waals surface area contributed by atoms with E-state index >= 15 is 0 Å². The largest absolute Gasteiger partial charge is 0.493 e. The maximum Gasteiger partial charge on any atom is 0.198 e. The van der Waals surface area contributed by atoms with Crippen molar-refractivity contribution in [3.63, 3.8) is 0 Å². The number of halogens is 2. The molecule has 2 aromatic rings. The summed E-state index contributed by atoms with van der Waals surface area (Å²) in [7, 11) is 0. The van der Waals surface area contributed by atoms with Crippen LogP contribution in [0.15, 0.2) is 36.4 Å². The Hall–Kier alpha value is -1.51. The van der Waals surface area contributed by atoms with Crippen molar-refractivity contribution in [2.45, 2.75) is 13.8 Å². The second-order valence-electron chi connectivity index (χ2n) is 4.39. The van der Waals surface area contributed by atoms with Crippen molar-refractivity contribution >= 4 is 29.0 Å². The highest BCUT2D eigenvalue weighted by atomic mass is 35.5. The van der Waals surface area contributed by atoms with Crippen molar-refractivity contribution in [1.29, 1.82) is 0 Å². The molecule has 0 bridgehead atoms. The van der Waals surface area contributed by atoms with E-state index in [1.807, 2.05) is 19.9 Å². The fourth-order valence-corrected chi connectivity index (χ4v) is 2.42. The van der Waals surface area contributed by atoms with Crippen LogP contribution in [0.4, 0.5) is 0 Å². The van der Waals surface area contributed by atoms with Crippen LogP contribution in [0, 0.1) is 6.92 Å². The summed E-state index contributed by atoms with van der Waals surface area (Å²) in [5.74, 6) is 0.396. The SMILES string of the molecule is CCOc1ccc(C)cc1C(=O)c1ccc(Cl)cc1Cl. The van der Waals surface area contributed by atoms with Crippen LogP contribution < -0.4 is 4.74 Å². The molecule has 0 spiro atoms. The van der Waals surface area contributed by atoms with E-state index < -0.39 is 0 Å². The third-order valence-electron chi connectivity index (χ3n) is 2.86. The smallest absolute Gasteiger partial charge is 0.198 e. The van der Waals surface area contributed by atoms with Crippen LogP contribution in [0.25, 0.3) is 0 Å². The Kier molecular flexibility index (Phi) is 4.69. The summed E-state index contributed by atoms with van der Waals surface area (Å²) in [5.41, 5.74) is 1.92. The van der Waals surface area contributed by atoms with Crippen molar-refractivity contribution in [3.05, 3.63) is 63.1 Å². The van der Waals surface area contributed by atoms with Gasteiger partial charge in [0.05, 0.1) is 17.2 Å². The van der Waals surface area contributed by atoms with Crippen LogP contribution >= 0.6 is 23.2 Å². The highest BCUT2D eigenvalue weighted by Crippen LogP contribution is 2.28. The Morgan fingerprint density at radius 3 is 2.50 bits per heavy atom. The van der Waals surface area contributed by atoms with Gasteiger partial charge in [-0.25, -0.2) is 0 Å². The van der Waals surface area contributed by atoms with E-state index in [9.17, 15) is 4.79 Å². The summed E-state index contributed by atoms with van der Waals surface area (Å²) in [6, 6.07) is 10.4. The summed E-state index contributed by atoms with van der Waals surface area (Å²) in [6.45, 7) is 4.30. The van der Waals surface area contributed by atoms with Crippen molar-refractivity contribution in [2.24, 2.45) is 0 Å². The zero-order chi connectivity index (χ0) is 14.7. The lowest BCUT2D eigenvalue weighted by molar-refractivity contribution is 0.103. The molecule has 0 unspecified atom stereocenters. The molecule has 0 aliphatic heterocycles. The average molecular weight is 309 g/mol. The molecule has 0 saturated carbocycles. The molecule has 2 rings (SSSR count). The molecule has 4 heteroatoms. The van der Waals surface area contributed by atoms with E-state index in [-0.39, 0.29) is 5.78 Å². The van der Waals surface area contributed by atoms with Gasteiger partial charge in [0.25, 0.3) is 0 Å². The lowest BCUT2D eigenvalue weighted by Gasteiger charge is -2.11. The normalized spacial score (nSPS) is 10.4. The molecule has 0 amide bonds. The fraction of sp³-hybridized carbons (Fsp3) is 0.188. The lowest BCUT2D eigenvalue weighted by Crippen LogP contribution is -2.06. The van der Waals surface area contributed by atoms with Crippen molar-refractivity contribution in [3.8, 4) is 5.75 Å². The number of carbonyl (C=O) groups excluding carboxylic acids is 1. The van der Waals surface area contributed by atoms with E-state index in [4.69, 9.17) is 27.9 Å². The molecule has 2 aromatic carbocycles. The van der Waals surface area contributed by atoms with Crippen LogP contribution in [0.1, 0.15) is 28.4 Å². The molecule has 2 nitrogen and oxygen atoms in total. The number of carbonyl (C=O) groups is 1. The standard InChI is InChI=1S/C16H14Cl2O2/c1-3-20-15-7-4-10(2)8-13(15)16(19)12-6-5-11(17)9-14(12)18/h4-9H,3H2,1-2H3. The highest BCUT2D eigenvalue weighted by molar-refractivity contribution is 6.37. The number of hydrogen-bond acceptors (Lipinski definition) is 2. The first kappa shape index (κ1) is 14.9. The molecular weight excluding hydrogens is 295 g/mol. The molecule has 0 aromatic heterocycles. The topological polar surface area (TPSA) is 26.3 Å². The maximum atomic E-state index is 12.6. The molecule has 0 aliphatic rings. The van der Waals surface area contributed by atoms with Gasteiger partial charge in [0.15, 0.2) is 5.78 Å². The van der Waals surface area contributed by atoms with Gasteiger partial charge in [-0.3, -0.25) is 4.79 Å². The van der Waals surface area contributed by atoms with Crippen molar-refractivity contribution < 1.29 is 9.53 Å². The van der Waals surface area contributed by atoms with Gasteiger partial charge in [-0.15, -0.1) is 0 Å². The van der Waals surface area contributed by atoms with Gasteiger partial charge < -0.3 is 4.74 Å². The predicted octanol–water partition coefficient (Wildman–Crippen LogP) is 4.93. The highest BCUT2D eigenvalue weighted by Gasteiger charge is 2.17. The summed E-state index contributed by atoms with van der Waals surface area (Å²) < 4.78 is 5.51. The summed E-state index contributed by atoms with van der Waals surface area (Å²) in [6.07, 6.45) is 0. The molecule has 0 saturated heterocycles. The lowest BCUT2D eigenvalue weighted by atomic mass is 10.0. The van der Waals surface area contributed by atoms with E-state index in [1.165, 1.54) is 0 Å². The first-order valence-electron chi connectivity index (χ1n) is 6.26. The van der Waals surface area contributed by atoms with Crippen LogP contribution in [-0.2, 0) is 0 Å². The predicted molar refractivity (Wildman–Crippen MR) is 82.2 cm³/mol. The molecule has 0 aliphatic carbocycles. The summed E-state index contributed by atoms with van der Waals surface area (Å²) in [5, 5.41) is 0.840. The van der Waals surface area contributed by atoms with E-state index in [0.29, 0.717) is 33.5 Å². The zero-order valence-corrected chi connectivity index (χ0v) is 12.8. The molecule has 0 radical (unpaired) electrons. The van der Waals surface area contributed by atoms with Gasteiger partial charge in [0.1, 0.15) is 5.75 Å². The molecule has 0 fully saturated rings. The first-order valence-corrected chi connectivity index (χ1v) is 7.01. The molecule has 0 N–H and O–H groups in total. The van der Waals surface area contributed by atoms with Crippen LogP contribution in [0.2, 0.25) is 10.0 Å². The number of ketones is 1. The minimum atomic E-state index is -0.168. The van der Waals surface area contributed by atoms with Crippen LogP contribution in [0.5, 0.6) is 5.75 Å². The van der Waals surface area contributed by atoms with Crippen LogP contribution in [0.3, 0.4) is 0 Å². The molecule has 0 atom stereocenters. The fourth-order valence-electron chi connectivity index (χ4n) is 1.92. The van der Waals surface area contributed by atoms with Gasteiger partial charge in [-0.1, -0.05) is 34.8 Å². The number of hydrogen-bond donors (Lipinski definition) is 0. The Balaban J connectivity index is 2.49. The van der Waals surface area contributed by atoms with Gasteiger partial charge >= 0.3 is 0 Å². The molecule has 20 heavy (non-hydrogen) atoms. The Bertz CT molecular complexity index is 651. The van der Waals surface area contributed by atoms with Crippen LogP contribution in [-0.4, -0.2) is 12.4 Å². The number of ether oxygens (including phenoxy) is 1. The minimum Gasteiger partial charge on any atom is -0.493 e. The average Bonchev–Trinajstić information content (AvgIpc) is 2.40. The van der Waals surface area contributed by atoms with E-state index in [1.54, 1.807) is 30.3 Å². The van der Waals surface area contributed by atoms with Gasteiger partial charge in [-0.2, -0.15) is 0 Å². The van der Waals surface area contributed by atoms with Crippen molar-refractivity contribution in [2.75, 3.05) is 6.61 Å². The first-order chi connectivity index (χ1) is 9.52. The second-order valence-corrected chi connectivity index (χ2v) is 5.23. The van der Waals surface area contributed by atoms with Gasteiger partial charge in [-0.05, 0) is 44.2 Å². The molecular formula is C16H14Cl2O2. The van der Waals surface area contributed by atoms with Gasteiger partial charge in [0, 0.05) is 10.6 Å². The Labute approximate surface area is 128 Å². The Morgan fingerprint density at radius 1 is 1.10 bits per heavy atom. The monoisotopic (exact) mass is 308 g/mol. The van der Waals surface area contributed by atoms with E-state index in [0.717, 1.165) is 5.56 Å². The molecule has 104 valence electrons. The Morgan fingerprint density at radius 2 is 1.85 bits per heavy atom. The number of rotatable bonds is 4. The third-order valence-corrected chi connectivity index (χ3v) is 3.40. The second kappa shape index (κ2) is 6.29. The zero-order valence-electron chi connectivity index (χ0n) is 11.2. The third kappa shape index (κ3) is 3.14. The minimum absolute atomic E-state index is 0.168. The maximum absolute atomic E-state index is 12.6. The van der Waals surface area contributed by atoms with Gasteiger partial charge in [0.2, 0.25) is 0 Å². The molecule has 0 heterocycles. The summed E-state index contributed by atoms with van der Waals surface area (Å²) in [4.78, 5) is 12.6. The summed E-state index contributed by atoms with van der Waals surface area (Å²) >= 11 is 12.0. The quantitative estimate of drug-likeness (QED) is 0.748. The number of benzene rings is 2.